The number of anilines is 2. The number of carbonyl (C=O) groups excluding carboxylic acids is 2. The van der Waals surface area contributed by atoms with Gasteiger partial charge in [0.25, 0.3) is 5.91 Å². The van der Waals surface area contributed by atoms with Crippen molar-refractivity contribution in [1.82, 2.24) is 24.9 Å². The second-order valence-electron chi connectivity index (χ2n) is 8.66. The predicted molar refractivity (Wildman–Crippen MR) is 129 cm³/mol. The maximum Gasteiger partial charge on any atom is 0.410 e. The van der Waals surface area contributed by atoms with Crippen molar-refractivity contribution in [3.63, 3.8) is 0 Å². The van der Waals surface area contributed by atoms with Gasteiger partial charge >= 0.3 is 6.18 Å². The van der Waals surface area contributed by atoms with Crippen molar-refractivity contribution < 1.29 is 27.5 Å². The fraction of sp³-hybridized carbons (Fsp3) is 0.391. The summed E-state index contributed by atoms with van der Waals surface area (Å²) < 4.78 is 48.8. The van der Waals surface area contributed by atoms with Gasteiger partial charge in [0.05, 0.1) is 24.5 Å². The first-order chi connectivity index (χ1) is 17.6. The molecule has 0 saturated carbocycles. The van der Waals surface area contributed by atoms with E-state index in [9.17, 15) is 22.8 Å². The van der Waals surface area contributed by atoms with Gasteiger partial charge < -0.3 is 20.7 Å². The zero-order chi connectivity index (χ0) is 26.7. The van der Waals surface area contributed by atoms with Crippen molar-refractivity contribution in [2.24, 2.45) is 0 Å². The van der Waals surface area contributed by atoms with Crippen molar-refractivity contribution in [2.75, 3.05) is 24.4 Å². The Morgan fingerprint density at radius 1 is 1.30 bits per heavy atom. The third kappa shape index (κ3) is 6.05. The standard InChI is InChI=1S/C23H25ClF3N7O3/c1-13(12-37-2)29-18(35)11-33-10-15(9-28-33)30-22(36)20-19(24)21-31-16(14-6-4-3-5-7-14)8-17(23(25,26)27)34(21)32-20/h3-7,9-10,13,16-17,31H,8,11-12H2,1-2H3,(H,29,35)(H,30,36)/t13-,16-,17+/m1/s1. The van der Waals surface area contributed by atoms with Gasteiger partial charge in [-0.1, -0.05) is 41.9 Å². The SMILES string of the molecule is COC[C@@H](C)NC(=O)Cn1cc(NC(=O)c2nn3c(c2Cl)N[C@@H](c2ccccc2)C[C@H]3C(F)(F)F)cn1. The molecule has 1 aliphatic heterocycles. The number of ether oxygens (including phenoxy) is 1. The molecular weight excluding hydrogens is 515 g/mol. The van der Waals surface area contributed by atoms with Gasteiger partial charge in [-0.15, -0.1) is 0 Å². The molecular formula is C23H25ClF3N7O3. The van der Waals surface area contributed by atoms with E-state index in [0.717, 1.165) is 0 Å². The number of fused-ring (bicyclic) bond motifs is 1. The first-order valence-electron chi connectivity index (χ1n) is 11.3. The summed E-state index contributed by atoms with van der Waals surface area (Å²) in [5.41, 5.74) is 0.498. The first-order valence-corrected chi connectivity index (χ1v) is 11.7. The normalized spacial score (nSPS) is 18.0. The van der Waals surface area contributed by atoms with E-state index in [1.54, 1.807) is 37.3 Å². The Kier molecular flexibility index (Phi) is 7.73. The maximum atomic E-state index is 13.9. The zero-order valence-electron chi connectivity index (χ0n) is 19.9. The zero-order valence-corrected chi connectivity index (χ0v) is 20.7. The predicted octanol–water partition coefficient (Wildman–Crippen LogP) is 3.80. The van der Waals surface area contributed by atoms with Crippen LogP contribution in [0, 0.1) is 0 Å². The van der Waals surface area contributed by atoms with Crippen LogP contribution in [0.15, 0.2) is 42.7 Å². The van der Waals surface area contributed by atoms with E-state index >= 15 is 0 Å². The summed E-state index contributed by atoms with van der Waals surface area (Å²) in [4.78, 5) is 25.0. The lowest BCUT2D eigenvalue weighted by molar-refractivity contribution is -0.173. The molecule has 10 nitrogen and oxygen atoms in total. The van der Waals surface area contributed by atoms with Gasteiger partial charge in [0.15, 0.2) is 11.7 Å². The number of nitrogens with zero attached hydrogens (tertiary/aromatic N) is 4. The minimum Gasteiger partial charge on any atom is -0.383 e. The van der Waals surface area contributed by atoms with Gasteiger partial charge in [-0.3, -0.25) is 14.3 Å². The molecule has 2 amide bonds. The second kappa shape index (κ2) is 10.8. The number of hydrogen-bond acceptors (Lipinski definition) is 6. The molecule has 3 atom stereocenters. The Balaban J connectivity index is 1.51. The highest BCUT2D eigenvalue weighted by Gasteiger charge is 2.47. The van der Waals surface area contributed by atoms with E-state index in [2.05, 4.69) is 26.1 Å². The van der Waals surface area contributed by atoms with Crippen LogP contribution < -0.4 is 16.0 Å². The summed E-state index contributed by atoms with van der Waals surface area (Å²) in [6, 6.07) is 5.81. The van der Waals surface area contributed by atoms with Crippen molar-refractivity contribution in [3.05, 3.63) is 59.0 Å². The molecule has 37 heavy (non-hydrogen) atoms. The van der Waals surface area contributed by atoms with Crippen LogP contribution in [-0.2, 0) is 16.1 Å². The number of aromatic nitrogens is 4. The third-order valence-corrected chi connectivity index (χ3v) is 6.09. The van der Waals surface area contributed by atoms with Crippen LogP contribution in [0.1, 0.15) is 41.5 Å². The molecule has 0 bridgehead atoms. The monoisotopic (exact) mass is 539 g/mol. The molecule has 1 aromatic carbocycles. The van der Waals surface area contributed by atoms with Crippen LogP contribution in [0.5, 0.6) is 0 Å². The van der Waals surface area contributed by atoms with Crippen molar-refractivity contribution in [1.29, 1.82) is 0 Å². The van der Waals surface area contributed by atoms with Gasteiger partial charge in [0, 0.05) is 25.8 Å². The highest BCUT2D eigenvalue weighted by molar-refractivity contribution is 6.36. The Morgan fingerprint density at radius 3 is 2.70 bits per heavy atom. The van der Waals surface area contributed by atoms with Crippen LogP contribution in [-0.4, -0.2) is 57.3 Å². The quantitative estimate of drug-likeness (QED) is 0.401. The molecule has 14 heteroatoms. The van der Waals surface area contributed by atoms with Crippen LogP contribution in [0.3, 0.4) is 0 Å². The molecule has 198 valence electrons. The summed E-state index contributed by atoms with van der Waals surface area (Å²) in [6.07, 6.45) is -2.23. The highest BCUT2D eigenvalue weighted by atomic mass is 35.5. The number of rotatable bonds is 8. The largest absolute Gasteiger partial charge is 0.410 e. The van der Waals surface area contributed by atoms with E-state index in [1.165, 1.54) is 24.2 Å². The maximum absolute atomic E-state index is 13.9. The van der Waals surface area contributed by atoms with Crippen molar-refractivity contribution in [3.8, 4) is 0 Å². The molecule has 3 heterocycles. The van der Waals surface area contributed by atoms with Crippen LogP contribution >= 0.6 is 11.6 Å². The molecule has 0 spiro atoms. The van der Waals surface area contributed by atoms with E-state index < -0.39 is 24.2 Å². The highest BCUT2D eigenvalue weighted by Crippen LogP contribution is 2.46. The average molecular weight is 540 g/mol. The minimum absolute atomic E-state index is 0.0909. The number of benzene rings is 1. The lowest BCUT2D eigenvalue weighted by Gasteiger charge is -2.33. The number of amides is 2. The van der Waals surface area contributed by atoms with Gasteiger partial charge in [-0.2, -0.15) is 23.4 Å². The van der Waals surface area contributed by atoms with Gasteiger partial charge in [0.1, 0.15) is 17.4 Å². The topological polar surface area (TPSA) is 115 Å². The summed E-state index contributed by atoms with van der Waals surface area (Å²) in [5, 5.41) is 15.9. The van der Waals surface area contributed by atoms with E-state index in [-0.39, 0.29) is 47.1 Å². The number of carbonyl (C=O) groups is 2. The summed E-state index contributed by atoms with van der Waals surface area (Å²) in [7, 11) is 1.52. The summed E-state index contributed by atoms with van der Waals surface area (Å²) in [6.45, 7) is 2.02. The van der Waals surface area contributed by atoms with E-state index in [1.807, 2.05) is 0 Å². The molecule has 3 N–H and O–H groups in total. The lowest BCUT2D eigenvalue weighted by Crippen LogP contribution is -2.37. The second-order valence-corrected chi connectivity index (χ2v) is 9.04. The summed E-state index contributed by atoms with van der Waals surface area (Å²) >= 11 is 6.36. The van der Waals surface area contributed by atoms with E-state index in [0.29, 0.717) is 16.9 Å². The number of halogens is 4. The van der Waals surface area contributed by atoms with Crippen LogP contribution in [0.2, 0.25) is 5.02 Å². The molecule has 0 saturated heterocycles. The average Bonchev–Trinajstić information content (AvgIpc) is 3.42. The van der Waals surface area contributed by atoms with Crippen molar-refractivity contribution in [2.45, 2.75) is 44.2 Å². The fourth-order valence-electron chi connectivity index (χ4n) is 4.10. The first kappa shape index (κ1) is 26.5. The van der Waals surface area contributed by atoms with Crippen LogP contribution in [0.25, 0.3) is 0 Å². The van der Waals surface area contributed by atoms with E-state index in [4.69, 9.17) is 16.3 Å². The molecule has 2 aromatic heterocycles. The molecule has 0 unspecified atom stereocenters. The summed E-state index contributed by atoms with van der Waals surface area (Å²) in [5.74, 6) is -1.22. The number of hydrogen-bond donors (Lipinski definition) is 3. The third-order valence-electron chi connectivity index (χ3n) is 5.73. The Hall–Kier alpha value is -3.58. The van der Waals surface area contributed by atoms with Gasteiger partial charge in [-0.25, -0.2) is 4.68 Å². The lowest BCUT2D eigenvalue weighted by atomic mass is 9.97. The smallest absolute Gasteiger partial charge is 0.383 e. The molecule has 4 rings (SSSR count). The molecule has 0 aliphatic carbocycles. The number of methoxy groups -OCH3 is 1. The minimum atomic E-state index is -4.62. The Labute approximate surface area is 215 Å². The Bertz CT molecular complexity index is 1260. The molecule has 1 aliphatic rings. The fourth-order valence-corrected chi connectivity index (χ4v) is 4.37. The van der Waals surface area contributed by atoms with Gasteiger partial charge in [0.2, 0.25) is 5.91 Å². The van der Waals surface area contributed by atoms with Crippen LogP contribution in [0.4, 0.5) is 24.7 Å². The molecule has 0 fully saturated rings. The molecule has 3 aromatic rings. The number of nitrogens with one attached hydrogen (secondary N) is 3. The molecule has 0 radical (unpaired) electrons. The Morgan fingerprint density at radius 2 is 2.03 bits per heavy atom. The number of alkyl halides is 3. The van der Waals surface area contributed by atoms with Crippen molar-refractivity contribution >= 4 is 34.9 Å². The van der Waals surface area contributed by atoms with Gasteiger partial charge in [-0.05, 0) is 12.5 Å².